The first-order valence-corrected chi connectivity index (χ1v) is 24.3. The molecule has 68 heavy (non-hydrogen) atoms. The first kappa shape index (κ1) is 47.2. The fraction of sp³-hybridized carbons (Fsp3) is 0.219. The van der Waals surface area contributed by atoms with Crippen molar-refractivity contribution in [2.45, 2.75) is 78.1 Å². The molecular formula is C64H62O4. The van der Waals surface area contributed by atoms with Crippen LogP contribution in [0.15, 0.2) is 172 Å². The van der Waals surface area contributed by atoms with Gasteiger partial charge < -0.3 is 9.47 Å². The van der Waals surface area contributed by atoms with Crippen molar-refractivity contribution < 1.29 is 19.1 Å². The average molecular weight is 895 g/mol. The van der Waals surface area contributed by atoms with Crippen molar-refractivity contribution in [3.63, 3.8) is 0 Å². The van der Waals surface area contributed by atoms with Crippen molar-refractivity contribution in [2.75, 3.05) is 13.2 Å². The van der Waals surface area contributed by atoms with E-state index in [1.54, 1.807) is 0 Å². The summed E-state index contributed by atoms with van der Waals surface area (Å²) in [6.45, 7) is 20.8. The molecule has 0 radical (unpaired) electrons. The number of carbonyl (C=O) groups excluding carboxylic acids is 2. The zero-order valence-corrected chi connectivity index (χ0v) is 39.8. The molecule has 0 aliphatic heterocycles. The van der Waals surface area contributed by atoms with E-state index in [9.17, 15) is 9.59 Å². The lowest BCUT2D eigenvalue weighted by Crippen LogP contribution is -2.01. The first-order valence-electron chi connectivity index (χ1n) is 24.3. The maximum Gasteiger partial charge on any atom is 0.330 e. The molecule has 8 aromatic carbocycles. The van der Waals surface area contributed by atoms with Crippen molar-refractivity contribution >= 4 is 55.4 Å². The van der Waals surface area contributed by atoms with E-state index >= 15 is 0 Å². The second-order valence-electron chi connectivity index (χ2n) is 17.8. The number of rotatable bonds is 22. The molecule has 0 aliphatic rings. The maximum atomic E-state index is 11.5. The van der Waals surface area contributed by atoms with E-state index in [1.807, 2.05) is 0 Å². The Morgan fingerprint density at radius 2 is 0.735 bits per heavy atom. The van der Waals surface area contributed by atoms with Gasteiger partial charge in [-0.25, -0.2) is 9.59 Å². The fourth-order valence-corrected chi connectivity index (χ4v) is 9.51. The highest BCUT2D eigenvalue weighted by molar-refractivity contribution is 6.32. The first-order chi connectivity index (χ1) is 33.2. The predicted octanol–water partition coefficient (Wildman–Crippen LogP) is 17.0. The lowest BCUT2D eigenvalue weighted by atomic mass is 9.81. The Morgan fingerprint density at radius 3 is 1.03 bits per heavy atom. The third kappa shape index (κ3) is 10.5. The average Bonchev–Trinajstić information content (AvgIpc) is 3.39. The molecule has 0 atom stereocenters. The molecule has 4 nitrogen and oxygen atoms in total. The molecular weight excluding hydrogens is 833 g/mol. The van der Waals surface area contributed by atoms with E-state index in [1.165, 1.54) is 111 Å². The van der Waals surface area contributed by atoms with Gasteiger partial charge in [0, 0.05) is 12.2 Å². The minimum absolute atomic E-state index is 0.365. The quantitative estimate of drug-likeness (QED) is 0.0294. The van der Waals surface area contributed by atoms with E-state index in [4.69, 9.17) is 9.47 Å². The largest absolute Gasteiger partial charge is 0.463 e. The number of unbranched alkanes of at least 4 members (excludes halogenated alkanes) is 4. The fourth-order valence-electron chi connectivity index (χ4n) is 9.51. The van der Waals surface area contributed by atoms with E-state index in [-0.39, 0.29) is 11.9 Å². The van der Waals surface area contributed by atoms with Crippen molar-refractivity contribution in [1.82, 2.24) is 0 Å². The van der Waals surface area contributed by atoms with E-state index in [0.717, 1.165) is 75.4 Å². The molecule has 8 rings (SSSR count). The summed E-state index contributed by atoms with van der Waals surface area (Å²) in [6.07, 6.45) is 11.8. The number of aryl methyl sites for hydroxylation is 2. The van der Waals surface area contributed by atoms with Gasteiger partial charge in [0.1, 0.15) is 0 Å². The Hall–Kier alpha value is -7.30. The summed E-state index contributed by atoms with van der Waals surface area (Å²) in [4.78, 5) is 22.9. The summed E-state index contributed by atoms with van der Waals surface area (Å²) in [6, 6.07) is 50.3. The molecule has 0 aromatic heterocycles. The van der Waals surface area contributed by atoms with Gasteiger partial charge in [0.15, 0.2) is 0 Å². The van der Waals surface area contributed by atoms with Crippen LogP contribution in [0.1, 0.15) is 87.5 Å². The van der Waals surface area contributed by atoms with Crippen LogP contribution in [0.2, 0.25) is 0 Å². The number of ether oxygens (including phenoxy) is 2. The van der Waals surface area contributed by atoms with Crippen molar-refractivity contribution in [3.05, 3.63) is 194 Å². The number of esters is 2. The van der Waals surface area contributed by atoms with Crippen molar-refractivity contribution in [1.29, 1.82) is 0 Å². The van der Waals surface area contributed by atoms with Gasteiger partial charge in [0.25, 0.3) is 0 Å². The van der Waals surface area contributed by atoms with Crippen LogP contribution in [-0.4, -0.2) is 25.2 Å². The Labute approximate surface area is 402 Å². The standard InChI is InChI=1S/C64H62O4/c1-7-43(5)47-27-31-51(32-28-47)59-42-60(52-33-29-48(30-34-52)44(6)8-2)56-38-36-54-58(50-25-21-46(22-26-50)18-14-12-16-40-68-62(66)10-4)41-57(53-35-37-55(59)64(56)63(53)54)49-23-19-45(20-24-49)17-13-11-15-39-67-61(65)9-3/h9-10,19-38,41-42H,3-8,11-18,39-40H2,1-2H3. The smallest absolute Gasteiger partial charge is 0.330 e. The molecule has 0 unspecified atom stereocenters. The molecule has 0 spiro atoms. The van der Waals surface area contributed by atoms with Crippen LogP contribution in [0.25, 0.3) is 88.0 Å². The molecule has 8 aromatic rings. The molecule has 0 amide bonds. The molecule has 0 saturated carbocycles. The summed E-state index contributed by atoms with van der Waals surface area (Å²) in [7, 11) is 0. The zero-order chi connectivity index (χ0) is 47.6. The second kappa shape index (κ2) is 22.0. The minimum atomic E-state index is -0.365. The number of hydrogen-bond acceptors (Lipinski definition) is 4. The lowest BCUT2D eigenvalue weighted by Gasteiger charge is -2.22. The number of carbonyl (C=O) groups is 2. The van der Waals surface area contributed by atoms with E-state index in [0.29, 0.717) is 13.2 Å². The number of allylic oxidation sites excluding steroid dienone is 2. The minimum Gasteiger partial charge on any atom is -0.463 e. The van der Waals surface area contributed by atoms with Crippen LogP contribution >= 0.6 is 0 Å². The summed E-state index contributed by atoms with van der Waals surface area (Å²) in [5, 5.41) is 7.45. The van der Waals surface area contributed by atoms with Gasteiger partial charge >= 0.3 is 11.9 Å². The van der Waals surface area contributed by atoms with Gasteiger partial charge in [0.2, 0.25) is 0 Å². The van der Waals surface area contributed by atoms with Gasteiger partial charge in [0.05, 0.1) is 13.2 Å². The van der Waals surface area contributed by atoms with Gasteiger partial charge in [-0.3, -0.25) is 0 Å². The van der Waals surface area contributed by atoms with E-state index in [2.05, 4.69) is 174 Å². The van der Waals surface area contributed by atoms with Crippen molar-refractivity contribution in [2.24, 2.45) is 0 Å². The molecule has 342 valence electrons. The molecule has 0 saturated heterocycles. The summed E-state index contributed by atoms with van der Waals surface area (Å²) in [5.74, 6) is -0.731. The Bertz CT molecular complexity index is 2890. The third-order valence-corrected chi connectivity index (χ3v) is 13.5. The maximum absolute atomic E-state index is 11.5. The van der Waals surface area contributed by atoms with Crippen LogP contribution in [-0.2, 0) is 31.9 Å². The zero-order valence-electron chi connectivity index (χ0n) is 39.8. The molecule has 0 fully saturated rings. The Balaban J connectivity index is 1.25. The summed E-state index contributed by atoms with van der Waals surface area (Å²) >= 11 is 0. The summed E-state index contributed by atoms with van der Waals surface area (Å²) in [5.41, 5.74) is 16.7. The van der Waals surface area contributed by atoms with Crippen LogP contribution in [0.3, 0.4) is 0 Å². The Morgan fingerprint density at radius 1 is 0.426 bits per heavy atom. The Kier molecular flexibility index (Phi) is 15.3. The number of hydrogen-bond donors (Lipinski definition) is 0. The number of benzene rings is 8. The van der Waals surface area contributed by atoms with Gasteiger partial charge in [-0.15, -0.1) is 0 Å². The van der Waals surface area contributed by atoms with E-state index < -0.39 is 0 Å². The topological polar surface area (TPSA) is 52.6 Å². The van der Waals surface area contributed by atoms with Crippen molar-refractivity contribution in [3.8, 4) is 44.5 Å². The van der Waals surface area contributed by atoms with Gasteiger partial charge in [-0.1, -0.05) is 161 Å². The molecule has 0 heterocycles. The van der Waals surface area contributed by atoms with Crippen LogP contribution in [0, 0.1) is 0 Å². The normalized spacial score (nSPS) is 11.3. The molecule has 0 bridgehead atoms. The highest BCUT2D eigenvalue weighted by Crippen LogP contribution is 2.48. The van der Waals surface area contributed by atoms with Gasteiger partial charge in [-0.05, 0) is 187 Å². The highest BCUT2D eigenvalue weighted by Gasteiger charge is 2.21. The predicted molar refractivity (Wildman–Crippen MR) is 288 cm³/mol. The van der Waals surface area contributed by atoms with Crippen LogP contribution in [0.4, 0.5) is 0 Å². The highest BCUT2D eigenvalue weighted by atomic mass is 16.5. The SMILES string of the molecule is C=CC(=O)OCCCCCc1ccc(-c2cc(-c3ccc(CCCCCOC(=O)C=C)cc3)c3ccc4c(-c5ccc(C(=C)CC)cc5)cc(-c5ccc(C(=C)CC)cc5)c5ccc2c3c54)cc1. The molecule has 0 aliphatic carbocycles. The monoisotopic (exact) mass is 894 g/mol. The van der Waals surface area contributed by atoms with Gasteiger partial charge in [-0.2, -0.15) is 0 Å². The summed E-state index contributed by atoms with van der Waals surface area (Å²) < 4.78 is 10.4. The molecule has 0 N–H and O–H groups in total. The second-order valence-corrected chi connectivity index (χ2v) is 17.8. The van der Waals surface area contributed by atoms with Crippen LogP contribution < -0.4 is 0 Å². The third-order valence-electron chi connectivity index (χ3n) is 13.5. The molecule has 4 heteroatoms. The van der Waals surface area contributed by atoms with Crippen LogP contribution in [0.5, 0.6) is 0 Å². The lowest BCUT2D eigenvalue weighted by molar-refractivity contribution is -0.138.